The number of hydrogen-bond acceptors (Lipinski definition) is 4. The van der Waals surface area contributed by atoms with E-state index in [4.69, 9.17) is 0 Å². The predicted octanol–water partition coefficient (Wildman–Crippen LogP) is 3.28. The Bertz CT molecular complexity index is 763. The SMILES string of the molecule is CC1CCN(c2cc(C(=O)N3CCN(c4ccccc4)CC3)ccn2)CC1. The molecule has 0 spiro atoms. The van der Waals surface area contributed by atoms with Crippen LogP contribution < -0.4 is 9.80 Å². The maximum atomic E-state index is 13.0. The van der Waals surface area contributed by atoms with Crippen molar-refractivity contribution < 1.29 is 4.79 Å². The molecule has 1 aromatic heterocycles. The molecule has 0 atom stereocenters. The zero-order valence-electron chi connectivity index (χ0n) is 16.1. The average Bonchev–Trinajstić information content (AvgIpc) is 2.75. The fourth-order valence-corrected chi connectivity index (χ4v) is 3.95. The van der Waals surface area contributed by atoms with E-state index in [0.29, 0.717) is 0 Å². The van der Waals surface area contributed by atoms with Crippen LogP contribution in [0.2, 0.25) is 0 Å². The Morgan fingerprint density at radius 3 is 2.33 bits per heavy atom. The summed E-state index contributed by atoms with van der Waals surface area (Å²) >= 11 is 0. The van der Waals surface area contributed by atoms with Gasteiger partial charge in [0.15, 0.2) is 0 Å². The summed E-state index contributed by atoms with van der Waals surface area (Å²) in [6, 6.07) is 14.2. The molecular formula is C22H28N4O. The van der Waals surface area contributed by atoms with Crippen molar-refractivity contribution in [3.8, 4) is 0 Å². The molecule has 27 heavy (non-hydrogen) atoms. The third kappa shape index (κ3) is 4.07. The Kier molecular flexibility index (Phi) is 5.28. The number of benzene rings is 1. The number of rotatable bonds is 3. The van der Waals surface area contributed by atoms with Crippen LogP contribution in [-0.2, 0) is 0 Å². The van der Waals surface area contributed by atoms with Gasteiger partial charge in [0.25, 0.3) is 5.91 Å². The van der Waals surface area contributed by atoms with Gasteiger partial charge in [-0.1, -0.05) is 25.1 Å². The number of aromatic nitrogens is 1. The first kappa shape index (κ1) is 17.8. The first-order valence-electron chi connectivity index (χ1n) is 10.0. The highest BCUT2D eigenvalue weighted by molar-refractivity contribution is 5.95. The van der Waals surface area contributed by atoms with E-state index >= 15 is 0 Å². The minimum Gasteiger partial charge on any atom is -0.368 e. The fraction of sp³-hybridized carbons (Fsp3) is 0.455. The van der Waals surface area contributed by atoms with Crippen LogP contribution in [0.4, 0.5) is 11.5 Å². The molecular weight excluding hydrogens is 336 g/mol. The second kappa shape index (κ2) is 7.99. The van der Waals surface area contributed by atoms with Crippen molar-refractivity contribution in [2.75, 3.05) is 49.1 Å². The standard InChI is InChI=1S/C22H28N4O/c1-18-8-11-25(12-9-18)21-17-19(7-10-23-21)22(27)26-15-13-24(14-16-26)20-5-3-2-4-6-20/h2-7,10,17-18H,8-9,11-16H2,1H3. The van der Waals surface area contributed by atoms with Gasteiger partial charge in [-0.15, -0.1) is 0 Å². The van der Waals surface area contributed by atoms with Crippen molar-refractivity contribution in [3.63, 3.8) is 0 Å². The van der Waals surface area contributed by atoms with Gasteiger partial charge in [-0.05, 0) is 43.0 Å². The number of amides is 1. The molecule has 2 fully saturated rings. The number of nitrogens with zero attached hydrogens (tertiary/aromatic N) is 4. The Morgan fingerprint density at radius 1 is 0.926 bits per heavy atom. The molecule has 2 aromatic rings. The predicted molar refractivity (Wildman–Crippen MR) is 109 cm³/mol. The zero-order valence-corrected chi connectivity index (χ0v) is 16.1. The molecule has 3 heterocycles. The van der Waals surface area contributed by atoms with E-state index in [0.717, 1.165) is 56.6 Å². The summed E-state index contributed by atoms with van der Waals surface area (Å²) in [5.41, 5.74) is 1.99. The molecule has 142 valence electrons. The summed E-state index contributed by atoms with van der Waals surface area (Å²) in [4.78, 5) is 24.1. The van der Waals surface area contributed by atoms with Gasteiger partial charge < -0.3 is 14.7 Å². The molecule has 0 aliphatic carbocycles. The second-order valence-corrected chi connectivity index (χ2v) is 7.69. The van der Waals surface area contributed by atoms with Crippen molar-refractivity contribution in [2.24, 2.45) is 5.92 Å². The number of piperazine rings is 1. The van der Waals surface area contributed by atoms with Crippen molar-refractivity contribution in [1.29, 1.82) is 0 Å². The highest BCUT2D eigenvalue weighted by atomic mass is 16.2. The zero-order chi connectivity index (χ0) is 18.6. The number of piperidine rings is 1. The third-order valence-corrected chi connectivity index (χ3v) is 5.79. The molecule has 5 heteroatoms. The van der Waals surface area contributed by atoms with Crippen molar-refractivity contribution >= 4 is 17.4 Å². The van der Waals surface area contributed by atoms with Crippen LogP contribution >= 0.6 is 0 Å². The van der Waals surface area contributed by atoms with E-state index < -0.39 is 0 Å². The Labute approximate surface area is 161 Å². The van der Waals surface area contributed by atoms with Crippen LogP contribution in [0.1, 0.15) is 30.1 Å². The molecule has 0 saturated carbocycles. The molecule has 0 N–H and O–H groups in total. The minimum absolute atomic E-state index is 0.122. The monoisotopic (exact) mass is 364 g/mol. The van der Waals surface area contributed by atoms with Gasteiger partial charge >= 0.3 is 0 Å². The maximum absolute atomic E-state index is 13.0. The Hall–Kier alpha value is -2.56. The van der Waals surface area contributed by atoms with Crippen LogP contribution in [-0.4, -0.2) is 55.1 Å². The molecule has 0 radical (unpaired) electrons. The third-order valence-electron chi connectivity index (χ3n) is 5.79. The van der Waals surface area contributed by atoms with Crippen molar-refractivity contribution in [3.05, 3.63) is 54.2 Å². The van der Waals surface area contributed by atoms with E-state index in [2.05, 4.69) is 46.0 Å². The summed E-state index contributed by atoms with van der Waals surface area (Å²) in [5, 5.41) is 0. The van der Waals surface area contributed by atoms with E-state index in [1.165, 1.54) is 18.5 Å². The van der Waals surface area contributed by atoms with Gasteiger partial charge in [-0.2, -0.15) is 0 Å². The lowest BCUT2D eigenvalue weighted by molar-refractivity contribution is 0.0746. The number of carbonyl (C=O) groups is 1. The van der Waals surface area contributed by atoms with E-state index in [-0.39, 0.29) is 5.91 Å². The number of para-hydroxylation sites is 1. The van der Waals surface area contributed by atoms with Crippen LogP contribution in [0.25, 0.3) is 0 Å². The van der Waals surface area contributed by atoms with Gasteiger partial charge in [0.2, 0.25) is 0 Å². The highest BCUT2D eigenvalue weighted by Gasteiger charge is 2.23. The second-order valence-electron chi connectivity index (χ2n) is 7.69. The summed E-state index contributed by atoms with van der Waals surface area (Å²) in [6.45, 7) is 7.62. The number of anilines is 2. The lowest BCUT2D eigenvalue weighted by Gasteiger charge is -2.36. The quantitative estimate of drug-likeness (QED) is 0.838. The first-order chi connectivity index (χ1) is 13.2. The molecule has 0 bridgehead atoms. The van der Waals surface area contributed by atoms with Gasteiger partial charge in [0.05, 0.1) is 0 Å². The van der Waals surface area contributed by atoms with E-state index in [1.54, 1.807) is 6.20 Å². The van der Waals surface area contributed by atoms with Crippen LogP contribution in [0.3, 0.4) is 0 Å². The lowest BCUT2D eigenvalue weighted by atomic mass is 9.99. The normalized spacial score (nSPS) is 18.6. The smallest absolute Gasteiger partial charge is 0.254 e. The van der Waals surface area contributed by atoms with Gasteiger partial charge in [0, 0.05) is 56.7 Å². The van der Waals surface area contributed by atoms with Gasteiger partial charge in [-0.3, -0.25) is 4.79 Å². The van der Waals surface area contributed by atoms with Gasteiger partial charge in [0.1, 0.15) is 5.82 Å². The summed E-state index contributed by atoms with van der Waals surface area (Å²) in [7, 11) is 0. The van der Waals surface area contributed by atoms with E-state index in [1.807, 2.05) is 23.1 Å². The number of hydrogen-bond donors (Lipinski definition) is 0. The number of pyridine rings is 1. The Morgan fingerprint density at radius 2 is 1.63 bits per heavy atom. The van der Waals surface area contributed by atoms with E-state index in [9.17, 15) is 4.79 Å². The first-order valence-corrected chi connectivity index (χ1v) is 10.0. The molecule has 1 amide bonds. The number of carbonyl (C=O) groups excluding carboxylic acids is 1. The molecule has 1 aromatic carbocycles. The fourth-order valence-electron chi connectivity index (χ4n) is 3.95. The molecule has 0 unspecified atom stereocenters. The molecule has 2 saturated heterocycles. The lowest BCUT2D eigenvalue weighted by Crippen LogP contribution is -2.48. The largest absolute Gasteiger partial charge is 0.368 e. The van der Waals surface area contributed by atoms with Crippen LogP contribution in [0.5, 0.6) is 0 Å². The van der Waals surface area contributed by atoms with Crippen LogP contribution in [0.15, 0.2) is 48.7 Å². The minimum atomic E-state index is 0.122. The molecule has 4 rings (SSSR count). The van der Waals surface area contributed by atoms with Crippen molar-refractivity contribution in [2.45, 2.75) is 19.8 Å². The molecule has 5 nitrogen and oxygen atoms in total. The molecule has 2 aliphatic rings. The van der Waals surface area contributed by atoms with Crippen molar-refractivity contribution in [1.82, 2.24) is 9.88 Å². The summed E-state index contributed by atoms with van der Waals surface area (Å²) in [6.07, 6.45) is 4.17. The highest BCUT2D eigenvalue weighted by Crippen LogP contribution is 2.23. The van der Waals surface area contributed by atoms with Gasteiger partial charge in [-0.25, -0.2) is 4.98 Å². The summed E-state index contributed by atoms with van der Waals surface area (Å²) in [5.74, 6) is 1.85. The van der Waals surface area contributed by atoms with Crippen LogP contribution in [0, 0.1) is 5.92 Å². The topological polar surface area (TPSA) is 39.7 Å². The Balaban J connectivity index is 1.39. The maximum Gasteiger partial charge on any atom is 0.254 e. The molecule has 2 aliphatic heterocycles. The summed E-state index contributed by atoms with van der Waals surface area (Å²) < 4.78 is 0. The average molecular weight is 364 g/mol.